The number of hydrogen-bond donors (Lipinski definition) is 1. The molecule has 1 saturated heterocycles. The van der Waals surface area contributed by atoms with Gasteiger partial charge in [-0.2, -0.15) is 0 Å². The number of thioether (sulfide) groups is 1. The van der Waals surface area contributed by atoms with Crippen LogP contribution < -0.4 is 10.1 Å². The van der Waals surface area contributed by atoms with E-state index in [1.54, 1.807) is 6.08 Å². The van der Waals surface area contributed by atoms with Crippen LogP contribution in [0.25, 0.3) is 6.08 Å². The van der Waals surface area contributed by atoms with Crippen LogP contribution in [-0.4, -0.2) is 17.8 Å². The summed E-state index contributed by atoms with van der Waals surface area (Å²) in [5, 5.41) is 1.94. The summed E-state index contributed by atoms with van der Waals surface area (Å²) in [5.41, 5.74) is 0.886. The van der Waals surface area contributed by atoms with Crippen LogP contribution in [0, 0.1) is 5.92 Å². The summed E-state index contributed by atoms with van der Waals surface area (Å²) in [7, 11) is 0. The Labute approximate surface area is 153 Å². The number of hydrogen-bond acceptors (Lipinski definition) is 4. The van der Waals surface area contributed by atoms with Crippen molar-refractivity contribution in [1.82, 2.24) is 5.32 Å². The molecule has 1 aromatic carbocycles. The molecular weight excluding hydrogens is 334 g/mol. The normalized spacial score (nSPS) is 20.1. The number of amides is 2. The molecule has 1 N–H and O–H groups in total. The van der Waals surface area contributed by atoms with E-state index in [1.165, 1.54) is 44.9 Å². The highest BCUT2D eigenvalue weighted by molar-refractivity contribution is 8.18. The van der Waals surface area contributed by atoms with Gasteiger partial charge in [0.1, 0.15) is 5.75 Å². The van der Waals surface area contributed by atoms with Crippen molar-refractivity contribution in [1.29, 1.82) is 0 Å². The van der Waals surface area contributed by atoms with Crippen LogP contribution in [0.5, 0.6) is 5.75 Å². The van der Waals surface area contributed by atoms with Gasteiger partial charge in [-0.15, -0.1) is 0 Å². The van der Waals surface area contributed by atoms with Gasteiger partial charge in [0.25, 0.3) is 11.1 Å². The molecule has 0 bridgehead atoms. The van der Waals surface area contributed by atoms with Crippen LogP contribution in [0.3, 0.4) is 0 Å². The Morgan fingerprint density at radius 3 is 2.52 bits per heavy atom. The summed E-state index contributed by atoms with van der Waals surface area (Å²) in [5.74, 6) is 1.46. The molecule has 4 nitrogen and oxygen atoms in total. The van der Waals surface area contributed by atoms with E-state index >= 15 is 0 Å². The van der Waals surface area contributed by atoms with Crippen LogP contribution >= 0.6 is 11.8 Å². The van der Waals surface area contributed by atoms with Gasteiger partial charge >= 0.3 is 0 Å². The van der Waals surface area contributed by atoms with Gasteiger partial charge in [-0.1, -0.05) is 50.7 Å². The van der Waals surface area contributed by atoms with E-state index in [0.717, 1.165) is 42.0 Å². The van der Waals surface area contributed by atoms with Gasteiger partial charge in [-0.25, -0.2) is 0 Å². The molecule has 2 fully saturated rings. The first-order valence-corrected chi connectivity index (χ1v) is 10.00. The van der Waals surface area contributed by atoms with Gasteiger partial charge in [0.2, 0.25) is 0 Å². The fourth-order valence-corrected chi connectivity index (χ4v) is 4.12. The van der Waals surface area contributed by atoms with E-state index in [0.29, 0.717) is 4.91 Å². The predicted molar refractivity (Wildman–Crippen MR) is 101 cm³/mol. The monoisotopic (exact) mass is 359 g/mol. The minimum Gasteiger partial charge on any atom is -0.494 e. The molecule has 25 heavy (non-hydrogen) atoms. The first kappa shape index (κ1) is 18.1. The molecule has 0 radical (unpaired) electrons. The molecule has 134 valence electrons. The van der Waals surface area contributed by atoms with Crippen molar-refractivity contribution in [2.24, 2.45) is 5.92 Å². The van der Waals surface area contributed by atoms with Gasteiger partial charge < -0.3 is 4.74 Å². The van der Waals surface area contributed by atoms with Crippen LogP contribution in [0.2, 0.25) is 0 Å². The lowest BCUT2D eigenvalue weighted by molar-refractivity contribution is -0.115. The van der Waals surface area contributed by atoms with Crippen LogP contribution in [0.1, 0.15) is 56.9 Å². The second-order valence-corrected chi connectivity index (χ2v) is 7.78. The van der Waals surface area contributed by atoms with E-state index in [9.17, 15) is 9.59 Å². The molecule has 1 heterocycles. The van der Waals surface area contributed by atoms with E-state index in [1.807, 2.05) is 24.3 Å². The van der Waals surface area contributed by atoms with Gasteiger partial charge in [0, 0.05) is 0 Å². The lowest BCUT2D eigenvalue weighted by Crippen LogP contribution is -2.17. The Morgan fingerprint density at radius 1 is 1.08 bits per heavy atom. The maximum atomic E-state index is 11.5. The van der Waals surface area contributed by atoms with Crippen molar-refractivity contribution in [3.8, 4) is 5.75 Å². The lowest BCUT2D eigenvalue weighted by Gasteiger charge is -2.21. The summed E-state index contributed by atoms with van der Waals surface area (Å²) in [6, 6.07) is 7.63. The zero-order valence-electron chi connectivity index (χ0n) is 14.5. The molecule has 0 atom stereocenters. The lowest BCUT2D eigenvalue weighted by atomic mass is 9.86. The first-order valence-electron chi connectivity index (χ1n) is 9.18. The van der Waals surface area contributed by atoms with Gasteiger partial charge in [-0.3, -0.25) is 14.9 Å². The Morgan fingerprint density at radius 2 is 1.84 bits per heavy atom. The molecule has 1 aliphatic heterocycles. The van der Waals surface area contributed by atoms with Crippen molar-refractivity contribution in [2.45, 2.75) is 51.4 Å². The molecule has 0 spiro atoms. The molecule has 1 saturated carbocycles. The van der Waals surface area contributed by atoms with Crippen molar-refractivity contribution in [3.63, 3.8) is 0 Å². The highest BCUT2D eigenvalue weighted by atomic mass is 32.2. The Hall–Kier alpha value is -1.75. The van der Waals surface area contributed by atoms with Crippen molar-refractivity contribution in [2.75, 3.05) is 6.61 Å². The van der Waals surface area contributed by atoms with E-state index < -0.39 is 0 Å². The number of ether oxygens (including phenoxy) is 1. The summed E-state index contributed by atoms with van der Waals surface area (Å²) >= 11 is 0.934. The second-order valence-electron chi connectivity index (χ2n) is 6.77. The van der Waals surface area contributed by atoms with Crippen LogP contribution in [0.15, 0.2) is 29.2 Å². The van der Waals surface area contributed by atoms with Gasteiger partial charge in [0.05, 0.1) is 11.5 Å². The maximum Gasteiger partial charge on any atom is 0.290 e. The van der Waals surface area contributed by atoms with Crippen molar-refractivity contribution >= 4 is 29.0 Å². The highest BCUT2D eigenvalue weighted by Gasteiger charge is 2.24. The minimum absolute atomic E-state index is 0.315. The third kappa shape index (κ3) is 5.63. The van der Waals surface area contributed by atoms with Crippen molar-refractivity contribution in [3.05, 3.63) is 34.7 Å². The second kappa shape index (κ2) is 9.09. The molecule has 1 aromatic rings. The van der Waals surface area contributed by atoms with E-state index in [-0.39, 0.29) is 11.1 Å². The molecule has 0 aromatic heterocycles. The predicted octanol–water partition coefficient (Wildman–Crippen LogP) is 5.14. The molecule has 2 amide bonds. The number of imide groups is 1. The zero-order valence-corrected chi connectivity index (χ0v) is 15.3. The smallest absolute Gasteiger partial charge is 0.290 e. The maximum absolute atomic E-state index is 11.5. The quantitative estimate of drug-likeness (QED) is 0.541. The third-order valence-corrected chi connectivity index (χ3v) is 5.63. The summed E-state index contributed by atoms with van der Waals surface area (Å²) < 4.78 is 5.80. The average Bonchev–Trinajstić information content (AvgIpc) is 2.94. The average molecular weight is 359 g/mol. The summed E-state index contributed by atoms with van der Waals surface area (Å²) in [6.07, 6.45) is 12.5. The number of rotatable bonds is 7. The number of benzene rings is 1. The molecule has 2 aliphatic rings. The largest absolute Gasteiger partial charge is 0.494 e. The fourth-order valence-electron chi connectivity index (χ4n) is 3.43. The number of carbonyl (C=O) groups excluding carboxylic acids is 2. The standard InChI is InChI=1S/C20H25NO3S/c22-19-18(25-20(23)21-19)14-16-9-11-17(12-10-16)24-13-5-4-8-15-6-2-1-3-7-15/h9-12,14-15H,1-8,13H2,(H,21,22,23)/b18-14-. The van der Waals surface area contributed by atoms with Gasteiger partial charge in [-0.05, 0) is 54.3 Å². The molecule has 0 unspecified atom stereocenters. The van der Waals surface area contributed by atoms with E-state index in [4.69, 9.17) is 4.74 Å². The fraction of sp³-hybridized carbons (Fsp3) is 0.500. The first-order chi connectivity index (χ1) is 12.2. The van der Waals surface area contributed by atoms with Crippen LogP contribution in [-0.2, 0) is 4.79 Å². The molecule has 1 aliphatic carbocycles. The van der Waals surface area contributed by atoms with Gasteiger partial charge in [0.15, 0.2) is 0 Å². The SMILES string of the molecule is O=C1NC(=O)/C(=C/c2ccc(OCCCCC3CCCCC3)cc2)S1. The number of carbonyl (C=O) groups is 2. The Balaban J connectivity index is 1.38. The molecular formula is C20H25NO3S. The summed E-state index contributed by atoms with van der Waals surface area (Å²) in [6.45, 7) is 0.750. The third-order valence-electron chi connectivity index (χ3n) is 4.82. The number of unbranched alkanes of at least 4 members (excludes halogenated alkanes) is 1. The highest BCUT2D eigenvalue weighted by Crippen LogP contribution is 2.28. The minimum atomic E-state index is -0.326. The number of nitrogens with one attached hydrogen (secondary N) is 1. The summed E-state index contributed by atoms with van der Waals surface area (Å²) in [4.78, 5) is 23.1. The van der Waals surface area contributed by atoms with E-state index in [2.05, 4.69) is 5.32 Å². The Bertz CT molecular complexity index is 633. The van der Waals surface area contributed by atoms with Crippen LogP contribution in [0.4, 0.5) is 4.79 Å². The topological polar surface area (TPSA) is 55.4 Å². The zero-order chi connectivity index (χ0) is 17.5. The Kier molecular flexibility index (Phi) is 6.56. The molecule has 3 rings (SSSR count). The molecule has 5 heteroatoms. The van der Waals surface area contributed by atoms with Crippen molar-refractivity contribution < 1.29 is 14.3 Å².